The first-order valence-electron chi connectivity index (χ1n) is 5.50. The van der Waals surface area contributed by atoms with Gasteiger partial charge in [0.05, 0.1) is 0 Å². The van der Waals surface area contributed by atoms with Crippen LogP contribution >= 0.6 is 11.6 Å². The highest BCUT2D eigenvalue weighted by Gasteiger charge is 2.11. The van der Waals surface area contributed by atoms with Gasteiger partial charge in [0.25, 0.3) is 0 Å². The molecule has 0 atom stereocenters. The Morgan fingerprint density at radius 1 is 1.06 bits per heavy atom. The Bertz CT molecular complexity index is 570. The summed E-state index contributed by atoms with van der Waals surface area (Å²) < 4.78 is 27.0. The maximum absolute atomic E-state index is 13.8. The van der Waals surface area contributed by atoms with Crippen LogP contribution in [-0.2, 0) is 6.54 Å². The topological polar surface area (TPSA) is 12.0 Å². The molecule has 0 fully saturated rings. The molecule has 0 heterocycles. The summed E-state index contributed by atoms with van der Waals surface area (Å²) in [5.74, 6) is -0.933. The van der Waals surface area contributed by atoms with Crippen molar-refractivity contribution in [3.8, 4) is 11.1 Å². The molecule has 0 aliphatic heterocycles. The second-order valence-corrected chi connectivity index (χ2v) is 4.39. The second kappa shape index (κ2) is 5.46. The van der Waals surface area contributed by atoms with Crippen molar-refractivity contribution in [3.63, 3.8) is 0 Å². The van der Waals surface area contributed by atoms with Crippen molar-refractivity contribution in [2.75, 3.05) is 7.05 Å². The normalized spacial score (nSPS) is 10.7. The lowest BCUT2D eigenvalue weighted by atomic mass is 9.99. The van der Waals surface area contributed by atoms with E-state index in [0.717, 1.165) is 17.7 Å². The first-order chi connectivity index (χ1) is 8.61. The summed E-state index contributed by atoms with van der Waals surface area (Å²) in [6.07, 6.45) is 0. The van der Waals surface area contributed by atoms with Crippen molar-refractivity contribution in [1.82, 2.24) is 5.32 Å². The van der Waals surface area contributed by atoms with Gasteiger partial charge in [0.2, 0.25) is 0 Å². The van der Waals surface area contributed by atoms with Gasteiger partial charge in [-0.1, -0.05) is 17.7 Å². The molecule has 18 heavy (non-hydrogen) atoms. The van der Waals surface area contributed by atoms with E-state index in [0.29, 0.717) is 17.1 Å². The standard InChI is InChI=1S/C14H12ClF2N/c1-18-8-9-2-3-10(15)6-12(9)13-7-11(16)4-5-14(13)17/h2-7,18H,8H2,1H3. The summed E-state index contributed by atoms with van der Waals surface area (Å²) in [5.41, 5.74) is 1.70. The molecule has 0 aliphatic rings. The molecule has 0 aromatic heterocycles. The molecule has 0 bridgehead atoms. The van der Waals surface area contributed by atoms with E-state index in [9.17, 15) is 8.78 Å². The third-order valence-corrected chi connectivity index (χ3v) is 2.89. The molecule has 94 valence electrons. The molecular weight excluding hydrogens is 256 g/mol. The fraction of sp³-hybridized carbons (Fsp3) is 0.143. The Kier molecular flexibility index (Phi) is 3.94. The SMILES string of the molecule is CNCc1ccc(Cl)cc1-c1cc(F)ccc1F. The van der Waals surface area contributed by atoms with Crippen molar-refractivity contribution in [2.24, 2.45) is 0 Å². The highest BCUT2D eigenvalue weighted by molar-refractivity contribution is 6.30. The molecule has 2 rings (SSSR count). The highest BCUT2D eigenvalue weighted by Crippen LogP contribution is 2.29. The first-order valence-corrected chi connectivity index (χ1v) is 5.88. The van der Waals surface area contributed by atoms with Gasteiger partial charge in [0.1, 0.15) is 11.6 Å². The number of hydrogen-bond acceptors (Lipinski definition) is 1. The zero-order valence-electron chi connectivity index (χ0n) is 9.81. The summed E-state index contributed by atoms with van der Waals surface area (Å²) in [6.45, 7) is 0.558. The number of nitrogens with one attached hydrogen (secondary N) is 1. The van der Waals surface area contributed by atoms with Gasteiger partial charge in [0.15, 0.2) is 0 Å². The number of benzene rings is 2. The zero-order chi connectivity index (χ0) is 13.1. The average Bonchev–Trinajstić information content (AvgIpc) is 2.35. The average molecular weight is 268 g/mol. The van der Waals surface area contributed by atoms with Crippen LogP contribution < -0.4 is 5.32 Å². The molecular formula is C14H12ClF2N. The Hall–Kier alpha value is -1.45. The lowest BCUT2D eigenvalue weighted by Gasteiger charge is -2.11. The van der Waals surface area contributed by atoms with E-state index < -0.39 is 11.6 Å². The van der Waals surface area contributed by atoms with E-state index in [2.05, 4.69) is 5.32 Å². The van der Waals surface area contributed by atoms with Gasteiger partial charge >= 0.3 is 0 Å². The van der Waals surface area contributed by atoms with Gasteiger partial charge in [0, 0.05) is 17.1 Å². The first kappa shape index (κ1) is 13.0. The van der Waals surface area contributed by atoms with E-state index in [-0.39, 0.29) is 5.56 Å². The van der Waals surface area contributed by atoms with Gasteiger partial charge < -0.3 is 5.32 Å². The predicted octanol–water partition coefficient (Wildman–Crippen LogP) is 4.00. The third kappa shape index (κ3) is 2.68. The maximum Gasteiger partial charge on any atom is 0.131 e. The van der Waals surface area contributed by atoms with Crippen LogP contribution in [0.1, 0.15) is 5.56 Å². The van der Waals surface area contributed by atoms with E-state index in [1.807, 2.05) is 0 Å². The van der Waals surface area contributed by atoms with Crippen molar-refractivity contribution in [2.45, 2.75) is 6.54 Å². The molecule has 0 saturated heterocycles. The Morgan fingerprint density at radius 2 is 1.83 bits per heavy atom. The van der Waals surface area contributed by atoms with Gasteiger partial charge in [-0.2, -0.15) is 0 Å². The van der Waals surface area contributed by atoms with Crippen LogP contribution in [-0.4, -0.2) is 7.05 Å². The predicted molar refractivity (Wildman–Crippen MR) is 69.6 cm³/mol. The number of rotatable bonds is 3. The quantitative estimate of drug-likeness (QED) is 0.886. The Balaban J connectivity index is 2.61. The number of halogens is 3. The van der Waals surface area contributed by atoms with Crippen LogP contribution in [0.4, 0.5) is 8.78 Å². The van der Waals surface area contributed by atoms with Crippen molar-refractivity contribution < 1.29 is 8.78 Å². The fourth-order valence-electron chi connectivity index (χ4n) is 1.85. The molecule has 2 aromatic carbocycles. The highest BCUT2D eigenvalue weighted by atomic mass is 35.5. The Morgan fingerprint density at radius 3 is 2.56 bits per heavy atom. The van der Waals surface area contributed by atoms with Gasteiger partial charge in [-0.3, -0.25) is 0 Å². The summed E-state index contributed by atoms with van der Waals surface area (Å²) in [4.78, 5) is 0. The summed E-state index contributed by atoms with van der Waals surface area (Å²) in [7, 11) is 1.79. The van der Waals surface area contributed by atoms with E-state index in [1.54, 1.807) is 25.2 Å². The maximum atomic E-state index is 13.8. The minimum absolute atomic E-state index is 0.225. The number of hydrogen-bond donors (Lipinski definition) is 1. The molecule has 0 spiro atoms. The van der Waals surface area contributed by atoms with Gasteiger partial charge in [-0.05, 0) is 48.5 Å². The molecule has 1 nitrogen and oxygen atoms in total. The smallest absolute Gasteiger partial charge is 0.131 e. The fourth-order valence-corrected chi connectivity index (χ4v) is 2.02. The summed E-state index contributed by atoms with van der Waals surface area (Å²) in [5, 5.41) is 3.48. The minimum atomic E-state index is -0.471. The molecule has 0 amide bonds. The van der Waals surface area contributed by atoms with Gasteiger partial charge in [-0.15, -0.1) is 0 Å². The largest absolute Gasteiger partial charge is 0.316 e. The van der Waals surface area contributed by atoms with Crippen LogP contribution in [0.5, 0.6) is 0 Å². The molecule has 4 heteroatoms. The van der Waals surface area contributed by atoms with Crippen LogP contribution in [0, 0.1) is 11.6 Å². The zero-order valence-corrected chi connectivity index (χ0v) is 10.6. The van der Waals surface area contributed by atoms with Crippen molar-refractivity contribution >= 4 is 11.6 Å². The monoisotopic (exact) mass is 267 g/mol. The third-order valence-electron chi connectivity index (χ3n) is 2.66. The van der Waals surface area contributed by atoms with Crippen molar-refractivity contribution in [1.29, 1.82) is 0 Å². The Labute approximate surface area is 109 Å². The van der Waals surface area contributed by atoms with Crippen molar-refractivity contribution in [3.05, 3.63) is 58.6 Å². The van der Waals surface area contributed by atoms with Crippen LogP contribution in [0.2, 0.25) is 5.02 Å². The molecule has 2 aromatic rings. The molecule has 0 radical (unpaired) electrons. The van der Waals surface area contributed by atoms with E-state index in [4.69, 9.17) is 11.6 Å². The van der Waals surface area contributed by atoms with E-state index in [1.165, 1.54) is 6.07 Å². The molecule has 0 aliphatic carbocycles. The summed E-state index contributed by atoms with van der Waals surface area (Å²) >= 11 is 5.92. The summed E-state index contributed by atoms with van der Waals surface area (Å²) in [6, 6.07) is 8.58. The lowest BCUT2D eigenvalue weighted by molar-refractivity contribution is 0.603. The molecule has 1 N–H and O–H groups in total. The second-order valence-electron chi connectivity index (χ2n) is 3.96. The minimum Gasteiger partial charge on any atom is -0.316 e. The lowest BCUT2D eigenvalue weighted by Crippen LogP contribution is -2.06. The molecule has 0 saturated carbocycles. The van der Waals surface area contributed by atoms with Crippen LogP contribution in [0.25, 0.3) is 11.1 Å². The van der Waals surface area contributed by atoms with Crippen LogP contribution in [0.15, 0.2) is 36.4 Å². The molecule has 0 unspecified atom stereocenters. The van der Waals surface area contributed by atoms with E-state index >= 15 is 0 Å². The van der Waals surface area contributed by atoms with Crippen LogP contribution in [0.3, 0.4) is 0 Å². The van der Waals surface area contributed by atoms with Gasteiger partial charge in [-0.25, -0.2) is 8.78 Å².